The average Bonchev–Trinajstić information content (AvgIpc) is 2.77. The van der Waals surface area contributed by atoms with Gasteiger partial charge in [-0.05, 0) is 53.9 Å². The van der Waals surface area contributed by atoms with Crippen molar-refractivity contribution in [3.63, 3.8) is 0 Å². The van der Waals surface area contributed by atoms with Crippen molar-refractivity contribution >= 4 is 17.6 Å². The van der Waals surface area contributed by atoms with Crippen LogP contribution in [-0.2, 0) is 13.0 Å². The van der Waals surface area contributed by atoms with Crippen molar-refractivity contribution in [1.29, 1.82) is 0 Å². The van der Waals surface area contributed by atoms with Gasteiger partial charge in [-0.3, -0.25) is 4.79 Å². The minimum absolute atomic E-state index is 0.175. The molecule has 0 saturated heterocycles. The number of amides is 1. The first-order chi connectivity index (χ1) is 14.0. The highest BCUT2D eigenvalue weighted by atomic mass is 16.5. The van der Waals surface area contributed by atoms with E-state index in [2.05, 4.69) is 0 Å². The number of rotatable bonds is 7. The second kappa shape index (κ2) is 9.06. The number of hydrogen-bond donors (Lipinski definition) is 1. The number of aryl methyl sites for hydroxylation is 1. The largest absolute Gasteiger partial charge is 0.497 e. The average molecular weight is 389 g/mol. The Morgan fingerprint density at radius 3 is 2.38 bits per heavy atom. The number of anilines is 1. The maximum atomic E-state index is 13.5. The standard InChI is InChI=1S/C24H23NO4/c1-3-18-9-4-5-13-22(18)25(16-17-8-6-11-20(14-17)24(27)28)23(26)19-10-7-12-21(15-19)29-2/h4-15H,3,16H2,1-2H3,(H,27,28). The highest BCUT2D eigenvalue weighted by Gasteiger charge is 2.21. The smallest absolute Gasteiger partial charge is 0.335 e. The van der Waals surface area contributed by atoms with E-state index in [1.54, 1.807) is 54.5 Å². The quantitative estimate of drug-likeness (QED) is 0.630. The fraction of sp³-hybridized carbons (Fsp3) is 0.167. The van der Waals surface area contributed by atoms with Gasteiger partial charge in [-0.15, -0.1) is 0 Å². The number of carbonyl (C=O) groups is 2. The van der Waals surface area contributed by atoms with Gasteiger partial charge in [0.05, 0.1) is 19.2 Å². The van der Waals surface area contributed by atoms with Crippen LogP contribution in [0.2, 0.25) is 0 Å². The number of carboxylic acids is 1. The van der Waals surface area contributed by atoms with Gasteiger partial charge in [-0.25, -0.2) is 4.79 Å². The monoisotopic (exact) mass is 389 g/mol. The van der Waals surface area contributed by atoms with Crippen LogP contribution in [0, 0.1) is 0 Å². The second-order valence-electron chi connectivity index (χ2n) is 6.61. The number of para-hydroxylation sites is 1. The predicted octanol–water partition coefficient (Wildman–Crippen LogP) is 4.80. The summed E-state index contributed by atoms with van der Waals surface area (Å²) in [5.41, 5.74) is 3.29. The molecule has 0 aromatic heterocycles. The summed E-state index contributed by atoms with van der Waals surface area (Å²) in [6.07, 6.45) is 0.771. The summed E-state index contributed by atoms with van der Waals surface area (Å²) in [5.74, 6) is -0.565. The molecule has 0 atom stereocenters. The van der Waals surface area contributed by atoms with E-state index in [9.17, 15) is 14.7 Å². The summed E-state index contributed by atoms with van der Waals surface area (Å²) in [6, 6.07) is 21.4. The first-order valence-corrected chi connectivity index (χ1v) is 9.39. The fourth-order valence-corrected chi connectivity index (χ4v) is 3.24. The number of nitrogens with zero attached hydrogens (tertiary/aromatic N) is 1. The molecule has 3 aromatic carbocycles. The van der Waals surface area contributed by atoms with Gasteiger partial charge in [-0.2, -0.15) is 0 Å². The van der Waals surface area contributed by atoms with Gasteiger partial charge in [0.1, 0.15) is 5.75 Å². The first-order valence-electron chi connectivity index (χ1n) is 9.39. The Morgan fingerprint density at radius 2 is 1.66 bits per heavy atom. The number of aromatic carboxylic acids is 1. The van der Waals surface area contributed by atoms with E-state index in [1.807, 2.05) is 37.3 Å². The molecule has 0 saturated carbocycles. The molecule has 5 nitrogen and oxygen atoms in total. The molecule has 1 amide bonds. The lowest BCUT2D eigenvalue weighted by Crippen LogP contribution is -2.31. The Bertz CT molecular complexity index is 1030. The van der Waals surface area contributed by atoms with E-state index in [-0.39, 0.29) is 18.0 Å². The van der Waals surface area contributed by atoms with E-state index in [4.69, 9.17) is 4.74 Å². The van der Waals surface area contributed by atoms with Crippen molar-refractivity contribution < 1.29 is 19.4 Å². The lowest BCUT2D eigenvalue weighted by atomic mass is 10.1. The van der Waals surface area contributed by atoms with Crippen LogP contribution in [0.25, 0.3) is 0 Å². The number of methoxy groups -OCH3 is 1. The molecule has 3 aromatic rings. The van der Waals surface area contributed by atoms with Crippen molar-refractivity contribution in [3.8, 4) is 5.75 Å². The lowest BCUT2D eigenvalue weighted by Gasteiger charge is -2.26. The van der Waals surface area contributed by atoms with Crippen LogP contribution in [0.15, 0.2) is 72.8 Å². The number of carboxylic acid groups (broad SMARTS) is 1. The fourth-order valence-electron chi connectivity index (χ4n) is 3.24. The summed E-state index contributed by atoms with van der Waals surface area (Å²) in [5, 5.41) is 9.29. The maximum absolute atomic E-state index is 13.5. The number of hydrogen-bond acceptors (Lipinski definition) is 3. The Labute approximate surface area is 170 Å². The van der Waals surface area contributed by atoms with Gasteiger partial charge in [-0.1, -0.05) is 43.3 Å². The Balaban J connectivity index is 2.05. The molecule has 0 heterocycles. The van der Waals surface area contributed by atoms with E-state index in [0.29, 0.717) is 11.3 Å². The zero-order valence-corrected chi connectivity index (χ0v) is 16.5. The predicted molar refractivity (Wildman–Crippen MR) is 113 cm³/mol. The van der Waals surface area contributed by atoms with Crippen molar-refractivity contribution in [1.82, 2.24) is 0 Å². The van der Waals surface area contributed by atoms with Crippen molar-refractivity contribution in [2.45, 2.75) is 19.9 Å². The highest BCUT2D eigenvalue weighted by Crippen LogP contribution is 2.26. The summed E-state index contributed by atoms with van der Waals surface area (Å²) in [4.78, 5) is 26.5. The molecule has 0 unspecified atom stereocenters. The van der Waals surface area contributed by atoms with Crippen LogP contribution in [-0.4, -0.2) is 24.1 Å². The number of carbonyl (C=O) groups excluding carboxylic acids is 1. The maximum Gasteiger partial charge on any atom is 0.335 e. The van der Waals surface area contributed by atoms with Crippen LogP contribution in [0.5, 0.6) is 5.75 Å². The third-order valence-corrected chi connectivity index (χ3v) is 4.74. The van der Waals surface area contributed by atoms with E-state index in [0.717, 1.165) is 23.2 Å². The molecule has 0 spiro atoms. The van der Waals surface area contributed by atoms with Crippen LogP contribution in [0.4, 0.5) is 5.69 Å². The molecule has 3 rings (SSSR count). The van der Waals surface area contributed by atoms with Crippen LogP contribution >= 0.6 is 0 Å². The molecule has 0 radical (unpaired) electrons. The van der Waals surface area contributed by atoms with Gasteiger partial charge in [0.2, 0.25) is 0 Å². The van der Waals surface area contributed by atoms with Gasteiger partial charge in [0.15, 0.2) is 0 Å². The second-order valence-corrected chi connectivity index (χ2v) is 6.61. The van der Waals surface area contributed by atoms with Crippen LogP contribution in [0.1, 0.15) is 38.8 Å². The molecule has 0 aliphatic heterocycles. The van der Waals surface area contributed by atoms with E-state index in [1.165, 1.54) is 0 Å². The Kier molecular flexibility index (Phi) is 6.29. The molecule has 29 heavy (non-hydrogen) atoms. The van der Waals surface area contributed by atoms with Crippen molar-refractivity contribution in [3.05, 3.63) is 95.1 Å². The molecule has 0 aliphatic carbocycles. The van der Waals surface area contributed by atoms with E-state index < -0.39 is 5.97 Å². The molecule has 0 fully saturated rings. The normalized spacial score (nSPS) is 10.4. The van der Waals surface area contributed by atoms with Crippen LogP contribution < -0.4 is 9.64 Å². The highest BCUT2D eigenvalue weighted by molar-refractivity contribution is 6.06. The summed E-state index contributed by atoms with van der Waals surface area (Å²) < 4.78 is 5.26. The zero-order valence-electron chi connectivity index (χ0n) is 16.5. The first kappa shape index (κ1) is 20.1. The number of ether oxygens (including phenoxy) is 1. The molecule has 0 bridgehead atoms. The molecule has 1 N–H and O–H groups in total. The Morgan fingerprint density at radius 1 is 0.931 bits per heavy atom. The van der Waals surface area contributed by atoms with Gasteiger partial charge in [0.25, 0.3) is 5.91 Å². The third kappa shape index (κ3) is 4.63. The van der Waals surface area contributed by atoms with Crippen molar-refractivity contribution in [2.24, 2.45) is 0 Å². The molecule has 0 aliphatic rings. The molecular weight excluding hydrogens is 366 g/mol. The van der Waals surface area contributed by atoms with Gasteiger partial charge < -0.3 is 14.7 Å². The molecule has 148 valence electrons. The topological polar surface area (TPSA) is 66.8 Å². The van der Waals surface area contributed by atoms with Crippen molar-refractivity contribution in [2.75, 3.05) is 12.0 Å². The SMILES string of the molecule is CCc1ccccc1N(Cc1cccc(C(=O)O)c1)C(=O)c1cccc(OC)c1. The minimum atomic E-state index is -0.994. The summed E-state index contributed by atoms with van der Waals surface area (Å²) in [7, 11) is 1.56. The lowest BCUT2D eigenvalue weighted by molar-refractivity contribution is 0.0696. The van der Waals surface area contributed by atoms with E-state index >= 15 is 0 Å². The minimum Gasteiger partial charge on any atom is -0.497 e. The van der Waals surface area contributed by atoms with Crippen LogP contribution in [0.3, 0.4) is 0 Å². The third-order valence-electron chi connectivity index (χ3n) is 4.74. The molecule has 5 heteroatoms. The van der Waals surface area contributed by atoms with Gasteiger partial charge >= 0.3 is 5.97 Å². The Hall–Kier alpha value is -3.60. The summed E-state index contributed by atoms with van der Waals surface area (Å²) >= 11 is 0. The number of benzene rings is 3. The summed E-state index contributed by atoms with van der Waals surface area (Å²) in [6.45, 7) is 2.30. The van der Waals surface area contributed by atoms with Gasteiger partial charge in [0, 0.05) is 11.3 Å². The zero-order chi connectivity index (χ0) is 20.8. The molecular formula is C24H23NO4.